The minimum atomic E-state index is -0.405. The van der Waals surface area contributed by atoms with E-state index in [0.29, 0.717) is 5.76 Å². The van der Waals surface area contributed by atoms with Crippen LogP contribution in [0.3, 0.4) is 0 Å². The van der Waals surface area contributed by atoms with Crippen molar-refractivity contribution in [3.05, 3.63) is 52.1 Å². The second kappa shape index (κ2) is 6.39. The van der Waals surface area contributed by atoms with Gasteiger partial charge in [-0.05, 0) is 13.3 Å². The van der Waals surface area contributed by atoms with E-state index in [9.17, 15) is 9.59 Å². The van der Waals surface area contributed by atoms with Crippen LogP contribution in [0.4, 0.5) is 0 Å². The molecule has 0 spiro atoms. The highest BCUT2D eigenvalue weighted by Crippen LogP contribution is 2.17. The summed E-state index contributed by atoms with van der Waals surface area (Å²) in [6, 6.07) is 2.33. The molecule has 6 heteroatoms. The maximum absolute atomic E-state index is 12.3. The molecule has 0 aliphatic carbocycles. The van der Waals surface area contributed by atoms with Crippen molar-refractivity contribution in [2.75, 3.05) is 0 Å². The van der Waals surface area contributed by atoms with E-state index >= 15 is 0 Å². The van der Waals surface area contributed by atoms with Crippen LogP contribution < -0.4 is 10.7 Å². The van der Waals surface area contributed by atoms with Gasteiger partial charge < -0.3 is 14.3 Å². The predicted molar refractivity (Wildman–Crippen MR) is 78.0 cm³/mol. The average Bonchev–Trinajstić information content (AvgIpc) is 2.83. The lowest BCUT2D eigenvalue weighted by Gasteiger charge is -2.17. The molecule has 0 aliphatic rings. The largest absolute Gasteiger partial charge is 0.456 e. The molecule has 0 fully saturated rings. The number of nitrogens with one attached hydrogen (secondary N) is 1. The Morgan fingerprint density at radius 3 is 2.81 bits per heavy atom. The van der Waals surface area contributed by atoms with Crippen LogP contribution in [0.5, 0.6) is 0 Å². The van der Waals surface area contributed by atoms with Gasteiger partial charge in [-0.15, -0.1) is 0 Å². The van der Waals surface area contributed by atoms with Gasteiger partial charge in [0.2, 0.25) is 0 Å². The number of rotatable bonds is 5. The highest BCUT2D eigenvalue weighted by molar-refractivity contribution is 5.91. The molecule has 0 radical (unpaired) electrons. The zero-order valence-electron chi connectivity index (χ0n) is 12.4. The molecule has 1 amide bonds. The molecule has 2 aromatic heterocycles. The van der Waals surface area contributed by atoms with Crippen LogP contribution >= 0.6 is 0 Å². The molecule has 0 unspecified atom stereocenters. The third-order valence-electron chi connectivity index (χ3n) is 3.17. The van der Waals surface area contributed by atoms with Crippen molar-refractivity contribution in [1.29, 1.82) is 0 Å². The smallest absolute Gasteiger partial charge is 0.287 e. The number of aromatic nitrogens is 2. The van der Waals surface area contributed by atoms with Crippen molar-refractivity contribution in [1.82, 2.24) is 14.9 Å². The van der Waals surface area contributed by atoms with Crippen molar-refractivity contribution >= 4 is 5.91 Å². The monoisotopic (exact) mass is 289 g/mol. The summed E-state index contributed by atoms with van der Waals surface area (Å²) in [7, 11) is 1.88. The predicted octanol–water partition coefficient (Wildman–Crippen LogP) is 1.95. The molecule has 2 aromatic rings. The van der Waals surface area contributed by atoms with Crippen LogP contribution in [0.1, 0.15) is 47.9 Å². The van der Waals surface area contributed by atoms with Crippen LogP contribution in [-0.4, -0.2) is 15.5 Å². The van der Waals surface area contributed by atoms with Gasteiger partial charge >= 0.3 is 0 Å². The Morgan fingerprint density at radius 2 is 2.24 bits per heavy atom. The number of amides is 1. The number of nitrogens with zero attached hydrogens (tertiary/aromatic N) is 2. The minimum Gasteiger partial charge on any atom is -0.456 e. The molecule has 0 bridgehead atoms. The number of carbonyl (C=O) groups excluding carboxylic acids is 1. The highest BCUT2D eigenvalue weighted by Gasteiger charge is 2.20. The molecule has 0 saturated carbocycles. The first-order valence-electron chi connectivity index (χ1n) is 6.91. The zero-order chi connectivity index (χ0) is 15.4. The second-order valence-electron chi connectivity index (χ2n) is 4.98. The Bertz CT molecular complexity index is 687. The summed E-state index contributed by atoms with van der Waals surface area (Å²) in [6.45, 7) is 3.68. The number of aryl methyl sites for hydroxylation is 2. The van der Waals surface area contributed by atoms with Crippen LogP contribution in [0.25, 0.3) is 0 Å². The van der Waals surface area contributed by atoms with E-state index in [2.05, 4.69) is 10.3 Å². The molecule has 2 heterocycles. The lowest BCUT2D eigenvalue weighted by Crippen LogP contribution is -2.30. The molecule has 0 aliphatic heterocycles. The maximum Gasteiger partial charge on any atom is 0.287 e. The highest BCUT2D eigenvalue weighted by atomic mass is 16.3. The summed E-state index contributed by atoms with van der Waals surface area (Å²) >= 11 is 0. The third kappa shape index (κ3) is 3.59. The molecule has 0 saturated heterocycles. The summed E-state index contributed by atoms with van der Waals surface area (Å²) in [4.78, 5) is 28.0. The fraction of sp³-hybridized carbons (Fsp3) is 0.400. The summed E-state index contributed by atoms with van der Waals surface area (Å²) in [6.07, 6.45) is 5.18. The molecule has 21 heavy (non-hydrogen) atoms. The van der Waals surface area contributed by atoms with E-state index < -0.39 is 5.91 Å². The van der Waals surface area contributed by atoms with Crippen LogP contribution in [0.15, 0.2) is 33.7 Å². The van der Waals surface area contributed by atoms with Crippen LogP contribution in [0, 0.1) is 6.92 Å². The Morgan fingerprint density at radius 1 is 1.48 bits per heavy atom. The second-order valence-corrected chi connectivity index (χ2v) is 4.98. The summed E-state index contributed by atoms with van der Waals surface area (Å²) in [5.74, 6) is 0.810. The SMILES string of the molecule is CCC[C@@H](NC(=O)c1cc(=O)cc(C)o1)c1nccn1C. The van der Waals surface area contributed by atoms with E-state index in [1.54, 1.807) is 13.1 Å². The fourth-order valence-electron chi connectivity index (χ4n) is 2.21. The Balaban J connectivity index is 2.22. The van der Waals surface area contributed by atoms with Gasteiger partial charge in [0.05, 0.1) is 6.04 Å². The van der Waals surface area contributed by atoms with E-state index in [1.165, 1.54) is 12.1 Å². The van der Waals surface area contributed by atoms with Crippen LogP contribution in [0.2, 0.25) is 0 Å². The minimum absolute atomic E-state index is 0.0234. The Kier molecular flexibility index (Phi) is 4.57. The van der Waals surface area contributed by atoms with Crippen molar-refractivity contribution in [3.63, 3.8) is 0 Å². The first kappa shape index (κ1) is 15.0. The average molecular weight is 289 g/mol. The van der Waals surface area contributed by atoms with Gasteiger partial charge in [-0.25, -0.2) is 4.98 Å². The van der Waals surface area contributed by atoms with E-state index in [-0.39, 0.29) is 17.2 Å². The molecule has 112 valence electrons. The van der Waals surface area contributed by atoms with Crippen molar-refractivity contribution in [2.45, 2.75) is 32.7 Å². The quantitative estimate of drug-likeness (QED) is 0.912. The normalized spacial score (nSPS) is 12.1. The van der Waals surface area contributed by atoms with Gasteiger partial charge in [-0.2, -0.15) is 0 Å². The Labute approximate surface area is 122 Å². The van der Waals surface area contributed by atoms with Crippen LogP contribution in [-0.2, 0) is 7.05 Å². The van der Waals surface area contributed by atoms with Crippen molar-refractivity contribution < 1.29 is 9.21 Å². The lowest BCUT2D eigenvalue weighted by molar-refractivity contribution is 0.0899. The van der Waals surface area contributed by atoms with E-state index in [4.69, 9.17) is 4.42 Å². The number of carbonyl (C=O) groups is 1. The molecular formula is C15H19N3O3. The number of imidazole rings is 1. The zero-order valence-corrected chi connectivity index (χ0v) is 12.4. The van der Waals surface area contributed by atoms with Gasteiger partial charge in [-0.1, -0.05) is 13.3 Å². The van der Waals surface area contributed by atoms with Gasteiger partial charge in [-0.3, -0.25) is 9.59 Å². The van der Waals surface area contributed by atoms with E-state index in [0.717, 1.165) is 18.7 Å². The number of hydrogen-bond donors (Lipinski definition) is 1. The topological polar surface area (TPSA) is 77.1 Å². The molecule has 2 rings (SSSR count). The third-order valence-corrected chi connectivity index (χ3v) is 3.17. The van der Waals surface area contributed by atoms with Gasteiger partial charge in [0.25, 0.3) is 5.91 Å². The first-order chi connectivity index (χ1) is 10.0. The van der Waals surface area contributed by atoms with Gasteiger partial charge in [0.15, 0.2) is 11.2 Å². The number of hydrogen-bond acceptors (Lipinski definition) is 4. The standard InChI is InChI=1S/C15H19N3O3/c1-4-5-12(14-16-6-7-18(14)3)17-15(20)13-9-11(19)8-10(2)21-13/h6-9,12H,4-5H2,1-3H3,(H,17,20)/t12-/m1/s1. The summed E-state index contributed by atoms with van der Waals surface area (Å²) in [5.41, 5.74) is -0.243. The first-order valence-corrected chi connectivity index (χ1v) is 6.91. The molecule has 1 N–H and O–H groups in total. The Hall–Kier alpha value is -2.37. The van der Waals surface area contributed by atoms with Gasteiger partial charge in [0.1, 0.15) is 11.6 Å². The molecule has 0 aromatic carbocycles. The maximum atomic E-state index is 12.3. The van der Waals surface area contributed by atoms with Crippen molar-refractivity contribution in [3.8, 4) is 0 Å². The lowest BCUT2D eigenvalue weighted by atomic mass is 10.1. The molecular weight excluding hydrogens is 270 g/mol. The summed E-state index contributed by atoms with van der Waals surface area (Å²) < 4.78 is 7.18. The van der Waals surface area contributed by atoms with Gasteiger partial charge in [0, 0.05) is 31.6 Å². The summed E-state index contributed by atoms with van der Waals surface area (Å²) in [5, 5.41) is 2.88. The van der Waals surface area contributed by atoms with Crippen molar-refractivity contribution in [2.24, 2.45) is 7.05 Å². The molecule has 1 atom stereocenters. The fourth-order valence-corrected chi connectivity index (χ4v) is 2.21. The van der Waals surface area contributed by atoms with E-state index in [1.807, 2.05) is 24.7 Å². The molecule has 6 nitrogen and oxygen atoms in total.